The molecule has 116 valence electrons. The van der Waals surface area contributed by atoms with E-state index in [0.717, 1.165) is 17.0 Å². The minimum absolute atomic E-state index is 0.107. The first-order chi connectivity index (χ1) is 9.36. The van der Waals surface area contributed by atoms with Crippen LogP contribution in [0.1, 0.15) is 31.2 Å². The highest BCUT2D eigenvalue weighted by Gasteiger charge is 2.18. The third kappa shape index (κ3) is 5.49. The summed E-state index contributed by atoms with van der Waals surface area (Å²) in [5, 5.41) is 3.21. The van der Waals surface area contributed by atoms with Gasteiger partial charge in [0.15, 0.2) is 0 Å². The molecule has 0 bridgehead atoms. The predicted molar refractivity (Wildman–Crippen MR) is 82.7 cm³/mol. The third-order valence-electron chi connectivity index (χ3n) is 2.64. The van der Waals surface area contributed by atoms with E-state index in [1.54, 1.807) is 6.07 Å². The summed E-state index contributed by atoms with van der Waals surface area (Å²) < 4.78 is 32.5. The molecule has 0 saturated carbocycles. The maximum absolute atomic E-state index is 12.1. The molecule has 0 aliphatic rings. The predicted octanol–water partition coefficient (Wildman–Crippen LogP) is 1.87. The van der Waals surface area contributed by atoms with Crippen LogP contribution in [0.15, 0.2) is 10.3 Å². The van der Waals surface area contributed by atoms with E-state index in [9.17, 15) is 8.42 Å². The second-order valence-electron chi connectivity index (χ2n) is 4.77. The van der Waals surface area contributed by atoms with Crippen molar-refractivity contribution in [2.24, 2.45) is 0 Å². The van der Waals surface area contributed by atoms with E-state index in [2.05, 4.69) is 10.0 Å². The van der Waals surface area contributed by atoms with E-state index in [-0.39, 0.29) is 6.10 Å². The van der Waals surface area contributed by atoms with Crippen LogP contribution in [-0.2, 0) is 21.3 Å². The fourth-order valence-corrected chi connectivity index (χ4v) is 4.19. The Morgan fingerprint density at radius 1 is 1.40 bits per heavy atom. The second-order valence-corrected chi connectivity index (χ2v) is 7.90. The molecule has 2 N–H and O–H groups in total. The Bertz CT molecular complexity index is 510. The van der Waals surface area contributed by atoms with E-state index in [4.69, 9.17) is 4.74 Å². The fraction of sp³-hybridized carbons (Fsp3) is 0.692. The largest absolute Gasteiger partial charge is 0.377 e. The molecule has 7 heteroatoms. The highest BCUT2D eigenvalue weighted by molar-refractivity contribution is 7.91. The van der Waals surface area contributed by atoms with Crippen LogP contribution < -0.4 is 10.0 Å². The van der Waals surface area contributed by atoms with Crippen LogP contribution in [0.5, 0.6) is 0 Å². The minimum Gasteiger partial charge on any atom is -0.377 e. The van der Waals surface area contributed by atoms with Gasteiger partial charge in [-0.2, -0.15) is 0 Å². The van der Waals surface area contributed by atoms with Crippen molar-refractivity contribution in [2.45, 2.75) is 44.6 Å². The number of rotatable bonds is 9. The van der Waals surface area contributed by atoms with Crippen LogP contribution in [0.3, 0.4) is 0 Å². The zero-order valence-electron chi connectivity index (χ0n) is 12.5. The van der Waals surface area contributed by atoms with Crippen molar-refractivity contribution >= 4 is 21.4 Å². The van der Waals surface area contributed by atoms with Gasteiger partial charge in [0, 0.05) is 18.0 Å². The first-order valence-corrected chi connectivity index (χ1v) is 9.08. The summed E-state index contributed by atoms with van der Waals surface area (Å²) >= 11 is 1.32. The van der Waals surface area contributed by atoms with Crippen LogP contribution in [0.25, 0.3) is 0 Å². The summed E-state index contributed by atoms with van der Waals surface area (Å²) in [7, 11) is -3.42. The van der Waals surface area contributed by atoms with Crippen LogP contribution in [0.2, 0.25) is 0 Å². The van der Waals surface area contributed by atoms with Crippen LogP contribution in [0, 0.1) is 6.92 Å². The van der Waals surface area contributed by atoms with Crippen LogP contribution >= 0.6 is 11.3 Å². The fourth-order valence-electron chi connectivity index (χ4n) is 1.58. The summed E-state index contributed by atoms with van der Waals surface area (Å²) in [6.45, 7) is 10.0. The molecule has 0 atom stereocenters. The smallest absolute Gasteiger partial charge is 0.250 e. The molecule has 0 radical (unpaired) electrons. The zero-order valence-corrected chi connectivity index (χ0v) is 14.2. The number of hydrogen-bond acceptors (Lipinski definition) is 5. The molecule has 0 fully saturated rings. The van der Waals surface area contributed by atoms with E-state index >= 15 is 0 Å². The van der Waals surface area contributed by atoms with Crippen LogP contribution in [0.4, 0.5) is 0 Å². The number of ether oxygens (including phenoxy) is 1. The van der Waals surface area contributed by atoms with E-state index in [1.807, 2.05) is 27.7 Å². The number of aryl methyl sites for hydroxylation is 1. The maximum atomic E-state index is 12.1. The molecular weight excluding hydrogens is 296 g/mol. The van der Waals surface area contributed by atoms with E-state index < -0.39 is 10.0 Å². The lowest BCUT2D eigenvalue weighted by Crippen LogP contribution is -2.27. The molecule has 20 heavy (non-hydrogen) atoms. The highest BCUT2D eigenvalue weighted by atomic mass is 32.2. The SMILES string of the molecule is CCNCc1sc(S(=O)(=O)NCCOC(C)C)cc1C. The molecule has 1 heterocycles. The van der Waals surface area contributed by atoms with Gasteiger partial charge in [-0.1, -0.05) is 6.92 Å². The Labute approximate surface area is 125 Å². The minimum atomic E-state index is -3.42. The number of hydrogen-bond donors (Lipinski definition) is 2. The maximum Gasteiger partial charge on any atom is 0.250 e. The monoisotopic (exact) mass is 320 g/mol. The van der Waals surface area contributed by atoms with Gasteiger partial charge in [0.05, 0.1) is 12.7 Å². The molecule has 0 saturated heterocycles. The molecule has 0 aliphatic heterocycles. The van der Waals surface area contributed by atoms with Crippen molar-refractivity contribution in [2.75, 3.05) is 19.7 Å². The Balaban J connectivity index is 2.63. The molecule has 0 aliphatic carbocycles. The lowest BCUT2D eigenvalue weighted by molar-refractivity contribution is 0.0834. The molecule has 0 spiro atoms. The van der Waals surface area contributed by atoms with Crippen LogP contribution in [-0.4, -0.2) is 34.2 Å². The van der Waals surface area contributed by atoms with Gasteiger partial charge >= 0.3 is 0 Å². The number of sulfonamides is 1. The van der Waals surface area contributed by atoms with E-state index in [1.165, 1.54) is 11.3 Å². The average Bonchev–Trinajstić information content (AvgIpc) is 2.74. The first kappa shape index (κ1) is 17.6. The normalized spacial score (nSPS) is 12.2. The average molecular weight is 320 g/mol. The van der Waals surface area contributed by atoms with Gasteiger partial charge in [-0.15, -0.1) is 11.3 Å². The van der Waals surface area contributed by atoms with Crippen molar-refractivity contribution < 1.29 is 13.2 Å². The summed E-state index contributed by atoms with van der Waals surface area (Å²) in [4.78, 5) is 1.06. The highest BCUT2D eigenvalue weighted by Crippen LogP contribution is 2.25. The zero-order chi connectivity index (χ0) is 15.2. The lowest BCUT2D eigenvalue weighted by Gasteiger charge is -2.08. The second kappa shape index (κ2) is 8.09. The summed E-state index contributed by atoms with van der Waals surface area (Å²) in [6, 6.07) is 1.73. The van der Waals surface area contributed by atoms with Gasteiger partial charge in [0.25, 0.3) is 0 Å². The van der Waals surface area contributed by atoms with Crippen molar-refractivity contribution in [1.82, 2.24) is 10.0 Å². The van der Waals surface area contributed by atoms with Gasteiger partial charge < -0.3 is 10.1 Å². The molecule has 1 rings (SSSR count). The standard InChI is InChI=1S/C13H24N2O3S2/c1-5-14-9-12-11(4)8-13(19-12)20(16,17)15-6-7-18-10(2)3/h8,10,14-15H,5-7,9H2,1-4H3. The van der Waals surface area contributed by atoms with Gasteiger partial charge in [-0.05, 0) is 38.9 Å². The third-order valence-corrected chi connectivity index (χ3v) is 5.82. The molecule has 0 unspecified atom stereocenters. The van der Waals surface area contributed by atoms with Crippen molar-refractivity contribution in [1.29, 1.82) is 0 Å². The summed E-state index contributed by atoms with van der Waals surface area (Å²) in [6.07, 6.45) is 0.107. The van der Waals surface area contributed by atoms with Crippen molar-refractivity contribution in [3.63, 3.8) is 0 Å². The molecule has 1 aromatic rings. The van der Waals surface area contributed by atoms with Crippen molar-refractivity contribution in [3.8, 4) is 0 Å². The van der Waals surface area contributed by atoms with Gasteiger partial charge in [-0.25, -0.2) is 13.1 Å². The lowest BCUT2D eigenvalue weighted by atomic mass is 10.3. The van der Waals surface area contributed by atoms with Gasteiger partial charge in [0.1, 0.15) is 4.21 Å². The van der Waals surface area contributed by atoms with Gasteiger partial charge in [0.2, 0.25) is 10.0 Å². The quantitative estimate of drug-likeness (QED) is 0.682. The Kier molecular flexibility index (Phi) is 7.11. The summed E-state index contributed by atoms with van der Waals surface area (Å²) in [5.41, 5.74) is 1.01. The molecule has 0 amide bonds. The van der Waals surface area contributed by atoms with Crippen molar-refractivity contribution in [3.05, 3.63) is 16.5 Å². The molecular formula is C13H24N2O3S2. The first-order valence-electron chi connectivity index (χ1n) is 6.78. The number of thiophene rings is 1. The molecule has 1 aromatic heterocycles. The Hall–Kier alpha value is -0.470. The topological polar surface area (TPSA) is 67.4 Å². The summed E-state index contributed by atoms with van der Waals surface area (Å²) in [5.74, 6) is 0. The molecule has 5 nitrogen and oxygen atoms in total. The Morgan fingerprint density at radius 3 is 2.70 bits per heavy atom. The Morgan fingerprint density at radius 2 is 2.10 bits per heavy atom. The van der Waals surface area contributed by atoms with E-state index in [0.29, 0.717) is 23.9 Å². The number of nitrogens with one attached hydrogen (secondary N) is 2. The molecule has 0 aromatic carbocycles. The van der Waals surface area contributed by atoms with Gasteiger partial charge in [-0.3, -0.25) is 0 Å².